The third-order valence-electron chi connectivity index (χ3n) is 2.00. The van der Waals surface area contributed by atoms with Gasteiger partial charge in [-0.25, -0.2) is 8.78 Å². The highest BCUT2D eigenvalue weighted by Crippen LogP contribution is 2.00. The van der Waals surface area contributed by atoms with Gasteiger partial charge in [-0.3, -0.25) is 9.58 Å². The van der Waals surface area contributed by atoms with E-state index >= 15 is 0 Å². The zero-order chi connectivity index (χ0) is 11.1. The summed E-state index contributed by atoms with van der Waals surface area (Å²) >= 11 is 3.25. The quantitative estimate of drug-likeness (QED) is 0.712. The van der Waals surface area contributed by atoms with E-state index in [1.165, 1.54) is 0 Å². The van der Waals surface area contributed by atoms with E-state index in [2.05, 4.69) is 21.0 Å². The van der Waals surface area contributed by atoms with Crippen molar-refractivity contribution in [2.75, 3.05) is 25.0 Å². The molecule has 0 amide bonds. The van der Waals surface area contributed by atoms with Crippen LogP contribution >= 0.6 is 15.9 Å². The van der Waals surface area contributed by atoms with Gasteiger partial charge >= 0.3 is 0 Å². The molecular weight excluding hydrogens is 268 g/mol. The molecule has 1 heterocycles. The van der Waals surface area contributed by atoms with E-state index in [4.69, 9.17) is 0 Å². The van der Waals surface area contributed by atoms with Gasteiger partial charge in [-0.2, -0.15) is 5.10 Å². The maximum absolute atomic E-state index is 12.2. The van der Waals surface area contributed by atoms with Crippen molar-refractivity contribution in [3.05, 3.63) is 18.5 Å². The first-order valence-electron chi connectivity index (χ1n) is 4.76. The number of rotatable bonds is 7. The molecular formula is C9H14BrF2N3. The van der Waals surface area contributed by atoms with Crippen LogP contribution < -0.4 is 0 Å². The molecule has 0 saturated carbocycles. The van der Waals surface area contributed by atoms with Crippen molar-refractivity contribution in [3.63, 3.8) is 0 Å². The molecule has 0 aromatic carbocycles. The topological polar surface area (TPSA) is 21.1 Å². The van der Waals surface area contributed by atoms with Gasteiger partial charge in [0.1, 0.15) is 0 Å². The summed E-state index contributed by atoms with van der Waals surface area (Å²) < 4.78 is 26.1. The van der Waals surface area contributed by atoms with Crippen LogP contribution in [0.4, 0.5) is 8.78 Å². The molecule has 86 valence electrons. The summed E-state index contributed by atoms with van der Waals surface area (Å²) in [5, 5.41) is 4.73. The fourth-order valence-electron chi connectivity index (χ4n) is 1.29. The van der Waals surface area contributed by atoms with Gasteiger partial charge in [-0.1, -0.05) is 15.9 Å². The molecule has 1 aromatic rings. The van der Waals surface area contributed by atoms with Crippen LogP contribution in [0.5, 0.6) is 0 Å². The molecule has 3 nitrogen and oxygen atoms in total. The van der Waals surface area contributed by atoms with Crippen LogP contribution in [0.25, 0.3) is 0 Å². The lowest BCUT2D eigenvalue weighted by Crippen LogP contribution is -2.33. The maximum atomic E-state index is 12.2. The number of hydrogen-bond acceptors (Lipinski definition) is 2. The van der Waals surface area contributed by atoms with Crippen molar-refractivity contribution >= 4 is 15.9 Å². The Morgan fingerprint density at radius 3 is 2.73 bits per heavy atom. The maximum Gasteiger partial charge on any atom is 0.251 e. The average Bonchev–Trinajstić information content (AvgIpc) is 2.66. The Kier molecular flexibility index (Phi) is 5.78. The largest absolute Gasteiger partial charge is 0.295 e. The van der Waals surface area contributed by atoms with Gasteiger partial charge in [0.25, 0.3) is 6.43 Å². The van der Waals surface area contributed by atoms with Gasteiger partial charge in [-0.15, -0.1) is 0 Å². The minimum absolute atomic E-state index is 0.174. The molecule has 0 N–H and O–H groups in total. The molecule has 15 heavy (non-hydrogen) atoms. The van der Waals surface area contributed by atoms with Gasteiger partial charge < -0.3 is 0 Å². The smallest absolute Gasteiger partial charge is 0.251 e. The molecule has 0 saturated heterocycles. The van der Waals surface area contributed by atoms with Gasteiger partial charge in [0.05, 0.1) is 13.1 Å². The van der Waals surface area contributed by atoms with Crippen LogP contribution in [0.1, 0.15) is 0 Å². The van der Waals surface area contributed by atoms with Gasteiger partial charge in [-0.05, 0) is 6.07 Å². The average molecular weight is 282 g/mol. The van der Waals surface area contributed by atoms with E-state index in [0.29, 0.717) is 25.0 Å². The number of nitrogens with zero attached hydrogens (tertiary/aromatic N) is 3. The van der Waals surface area contributed by atoms with Crippen LogP contribution in [0.2, 0.25) is 0 Å². The first-order chi connectivity index (χ1) is 7.22. The highest BCUT2D eigenvalue weighted by molar-refractivity contribution is 9.09. The van der Waals surface area contributed by atoms with Crippen molar-refractivity contribution in [2.24, 2.45) is 0 Å². The van der Waals surface area contributed by atoms with E-state index in [-0.39, 0.29) is 6.54 Å². The summed E-state index contributed by atoms with van der Waals surface area (Å²) in [5.41, 5.74) is 0. The molecule has 6 heteroatoms. The normalized spacial score (nSPS) is 11.5. The summed E-state index contributed by atoms with van der Waals surface area (Å²) in [5.74, 6) is 0. The first kappa shape index (κ1) is 12.6. The predicted molar refractivity (Wildman–Crippen MR) is 58.5 cm³/mol. The lowest BCUT2D eigenvalue weighted by molar-refractivity contribution is 0.0892. The first-order valence-corrected chi connectivity index (χ1v) is 5.88. The summed E-state index contributed by atoms with van der Waals surface area (Å²) in [7, 11) is 0. The Hall–Kier alpha value is -0.490. The van der Waals surface area contributed by atoms with E-state index in [9.17, 15) is 8.78 Å². The Bertz CT molecular complexity index is 254. The van der Waals surface area contributed by atoms with Crippen LogP contribution in [0, 0.1) is 0 Å². The second kappa shape index (κ2) is 6.90. The lowest BCUT2D eigenvalue weighted by atomic mass is 10.4. The van der Waals surface area contributed by atoms with Gasteiger partial charge in [0.2, 0.25) is 0 Å². The Balaban J connectivity index is 2.30. The van der Waals surface area contributed by atoms with Crippen LogP contribution in [-0.2, 0) is 6.54 Å². The molecule has 0 radical (unpaired) electrons. The van der Waals surface area contributed by atoms with Gasteiger partial charge in [0.15, 0.2) is 0 Å². The lowest BCUT2D eigenvalue weighted by Gasteiger charge is -2.20. The summed E-state index contributed by atoms with van der Waals surface area (Å²) in [6.07, 6.45) is 1.23. The van der Waals surface area contributed by atoms with Crippen molar-refractivity contribution < 1.29 is 8.78 Å². The number of aromatic nitrogens is 2. The van der Waals surface area contributed by atoms with Crippen LogP contribution in [0.15, 0.2) is 18.5 Å². The molecule has 1 aromatic heterocycles. The molecule has 0 unspecified atom stereocenters. The molecule has 0 aliphatic carbocycles. The Morgan fingerprint density at radius 2 is 2.20 bits per heavy atom. The van der Waals surface area contributed by atoms with Crippen LogP contribution in [-0.4, -0.2) is 46.1 Å². The minimum Gasteiger partial charge on any atom is -0.295 e. The number of hydrogen-bond donors (Lipinski definition) is 0. The van der Waals surface area contributed by atoms with Crippen molar-refractivity contribution in [3.8, 4) is 0 Å². The summed E-state index contributed by atoms with van der Waals surface area (Å²) in [6.45, 7) is 1.70. The second-order valence-electron chi connectivity index (χ2n) is 3.15. The minimum atomic E-state index is -2.28. The highest BCUT2D eigenvalue weighted by atomic mass is 79.9. The zero-order valence-corrected chi connectivity index (χ0v) is 9.91. The van der Waals surface area contributed by atoms with E-state index < -0.39 is 6.43 Å². The van der Waals surface area contributed by atoms with E-state index in [0.717, 1.165) is 0 Å². The highest BCUT2D eigenvalue weighted by Gasteiger charge is 2.11. The Labute approximate surface area is 96.2 Å². The zero-order valence-electron chi connectivity index (χ0n) is 8.32. The predicted octanol–water partition coefficient (Wildman–Crippen LogP) is 1.85. The second-order valence-corrected chi connectivity index (χ2v) is 3.94. The van der Waals surface area contributed by atoms with E-state index in [1.807, 2.05) is 12.3 Å². The molecule has 0 aliphatic rings. The summed E-state index contributed by atoms with van der Waals surface area (Å²) in [4.78, 5) is 1.72. The fourth-order valence-corrected chi connectivity index (χ4v) is 1.79. The van der Waals surface area contributed by atoms with Crippen molar-refractivity contribution in [1.29, 1.82) is 0 Å². The number of halogens is 3. The van der Waals surface area contributed by atoms with E-state index in [1.54, 1.807) is 15.8 Å². The molecule has 0 fully saturated rings. The Morgan fingerprint density at radius 1 is 1.40 bits per heavy atom. The molecule has 0 bridgehead atoms. The third kappa shape index (κ3) is 5.22. The molecule has 1 rings (SSSR count). The molecule has 0 atom stereocenters. The number of alkyl halides is 3. The molecule has 0 aliphatic heterocycles. The molecule has 0 spiro atoms. The fraction of sp³-hybridized carbons (Fsp3) is 0.667. The third-order valence-corrected chi connectivity index (χ3v) is 2.36. The standard InChI is InChI=1S/C9H14BrF2N3/c10-2-5-14(8-9(11)12)6-7-15-4-1-3-13-15/h1,3-4,9H,2,5-8H2. The SMILES string of the molecule is FC(F)CN(CCBr)CCn1cccn1. The van der Waals surface area contributed by atoms with Gasteiger partial charge in [0, 0.05) is 30.8 Å². The monoisotopic (exact) mass is 281 g/mol. The summed E-state index contributed by atoms with van der Waals surface area (Å²) in [6, 6.07) is 1.82. The van der Waals surface area contributed by atoms with Crippen LogP contribution in [0.3, 0.4) is 0 Å². The van der Waals surface area contributed by atoms with Crippen molar-refractivity contribution in [1.82, 2.24) is 14.7 Å². The van der Waals surface area contributed by atoms with Crippen molar-refractivity contribution in [2.45, 2.75) is 13.0 Å².